The molecule has 1 fully saturated rings. The van der Waals surface area contributed by atoms with E-state index in [4.69, 9.17) is 23.4 Å². The first kappa shape index (κ1) is 32.8. The standard InChI is InChI=1S/C32H40N2O10Si/c1-19(22-8-7-20(16-26(22)34(38)39)30(36)40-13-14-45(3,4)5)43-28-21(18-35)15-24-23-9-10-33(2)17-25(23)31(37)44-29(24)27(28)32-41-11-6-12-42-32/h7-8,15-16,19,32,35H,6,9-14,17-18H2,1-5H3. The minimum Gasteiger partial charge on any atom is -0.485 e. The fourth-order valence-corrected chi connectivity index (χ4v) is 6.38. The number of nitrogens with zero attached hydrogens (tertiary/aromatic N) is 2. The van der Waals surface area contributed by atoms with Crippen LogP contribution in [0.5, 0.6) is 5.75 Å². The third-order valence-corrected chi connectivity index (χ3v) is 9.86. The molecule has 3 aromatic rings. The summed E-state index contributed by atoms with van der Waals surface area (Å²) in [6.45, 7) is 9.92. The molecule has 0 radical (unpaired) electrons. The number of nitro groups is 1. The highest BCUT2D eigenvalue weighted by Gasteiger charge is 2.33. The number of hydrogen-bond donors (Lipinski definition) is 1. The van der Waals surface area contributed by atoms with Crippen LogP contribution in [0, 0.1) is 10.1 Å². The summed E-state index contributed by atoms with van der Waals surface area (Å²) < 4.78 is 29.6. The van der Waals surface area contributed by atoms with Gasteiger partial charge in [0.2, 0.25) is 0 Å². The molecule has 12 nitrogen and oxygen atoms in total. The number of benzene rings is 2. The Hall–Kier alpha value is -3.62. The molecule has 3 heterocycles. The topological polar surface area (TPSA) is 151 Å². The van der Waals surface area contributed by atoms with Gasteiger partial charge in [0.1, 0.15) is 11.9 Å². The number of carbonyl (C=O) groups is 1. The van der Waals surface area contributed by atoms with E-state index < -0.39 is 43.6 Å². The zero-order chi connectivity index (χ0) is 32.5. The van der Waals surface area contributed by atoms with Gasteiger partial charge in [-0.2, -0.15) is 0 Å². The quantitative estimate of drug-likeness (QED) is 0.102. The fraction of sp³-hybridized carbons (Fsp3) is 0.500. The van der Waals surface area contributed by atoms with Gasteiger partial charge in [-0.15, -0.1) is 0 Å². The molecular formula is C32H40N2O10Si. The van der Waals surface area contributed by atoms with Crippen LogP contribution in [0.3, 0.4) is 0 Å². The zero-order valence-corrected chi connectivity index (χ0v) is 27.3. The molecule has 2 aliphatic rings. The first-order chi connectivity index (χ1) is 21.4. The summed E-state index contributed by atoms with van der Waals surface area (Å²) >= 11 is 0. The minimum atomic E-state index is -1.43. The van der Waals surface area contributed by atoms with E-state index in [1.54, 1.807) is 13.0 Å². The second kappa shape index (κ2) is 13.4. The normalized spacial score (nSPS) is 16.8. The van der Waals surface area contributed by atoms with Gasteiger partial charge >= 0.3 is 11.6 Å². The number of aliphatic hydroxyl groups excluding tert-OH is 1. The molecule has 0 saturated carbocycles. The molecule has 2 aromatic carbocycles. The van der Waals surface area contributed by atoms with Crippen LogP contribution < -0.4 is 10.4 Å². The lowest BCUT2D eigenvalue weighted by Crippen LogP contribution is -2.31. The van der Waals surface area contributed by atoms with Crippen molar-refractivity contribution in [2.45, 2.75) is 71.0 Å². The first-order valence-electron chi connectivity index (χ1n) is 15.2. The highest BCUT2D eigenvalue weighted by atomic mass is 28.3. The summed E-state index contributed by atoms with van der Waals surface area (Å²) in [5.41, 5.74) is 1.83. The minimum absolute atomic E-state index is 0.0665. The van der Waals surface area contributed by atoms with Crippen molar-refractivity contribution in [3.63, 3.8) is 0 Å². The Morgan fingerprint density at radius 3 is 2.60 bits per heavy atom. The van der Waals surface area contributed by atoms with Crippen LogP contribution in [-0.4, -0.2) is 62.4 Å². The van der Waals surface area contributed by atoms with Crippen molar-refractivity contribution >= 4 is 30.7 Å². The summed E-state index contributed by atoms with van der Waals surface area (Å²) in [6.07, 6.45) is -0.595. The second-order valence-electron chi connectivity index (χ2n) is 12.8. The van der Waals surface area contributed by atoms with Gasteiger partial charge in [-0.05, 0) is 56.6 Å². The number of likely N-dealkylation sites (N-methyl/N-ethyl adjacent to an activating group) is 1. The first-order valence-corrected chi connectivity index (χ1v) is 18.9. The maximum Gasteiger partial charge on any atom is 0.341 e. The van der Waals surface area contributed by atoms with Crippen molar-refractivity contribution in [2.24, 2.45) is 0 Å². The number of aliphatic hydroxyl groups is 1. The number of ether oxygens (including phenoxy) is 4. The average Bonchev–Trinajstić information content (AvgIpc) is 3.00. The fourth-order valence-electron chi connectivity index (χ4n) is 5.67. The number of rotatable bonds is 10. The van der Waals surface area contributed by atoms with Crippen molar-refractivity contribution in [3.8, 4) is 5.75 Å². The summed E-state index contributed by atoms with van der Waals surface area (Å²) in [5.74, 6) is -0.475. The Morgan fingerprint density at radius 2 is 1.93 bits per heavy atom. The summed E-state index contributed by atoms with van der Waals surface area (Å²) in [4.78, 5) is 39.6. The van der Waals surface area contributed by atoms with Crippen LogP contribution in [0.15, 0.2) is 33.5 Å². The number of carbonyl (C=O) groups excluding carboxylic acids is 1. The Bertz CT molecular complexity index is 1660. The van der Waals surface area contributed by atoms with Crippen LogP contribution in [0.1, 0.15) is 63.9 Å². The van der Waals surface area contributed by atoms with Crippen molar-refractivity contribution < 1.29 is 38.2 Å². The molecule has 0 amide bonds. The van der Waals surface area contributed by atoms with E-state index in [1.807, 2.05) is 11.9 Å². The molecule has 0 aliphatic carbocycles. The largest absolute Gasteiger partial charge is 0.485 e. The van der Waals surface area contributed by atoms with Crippen LogP contribution in [0.25, 0.3) is 11.0 Å². The molecular weight excluding hydrogens is 600 g/mol. The van der Waals surface area contributed by atoms with Gasteiger partial charge in [0, 0.05) is 38.2 Å². The Kier molecular flexibility index (Phi) is 9.75. The molecule has 1 unspecified atom stereocenters. The van der Waals surface area contributed by atoms with Gasteiger partial charge in [0.05, 0.1) is 53.6 Å². The van der Waals surface area contributed by atoms with E-state index >= 15 is 0 Å². The SMILES string of the molecule is CC(Oc1c(CO)cc2c3c(c(=O)oc2c1C1OCCCO1)CN(C)CC3)c1ccc(C(=O)OCC[Si](C)(C)C)cc1[N+](=O)[O-]. The van der Waals surface area contributed by atoms with E-state index in [-0.39, 0.29) is 34.8 Å². The van der Waals surface area contributed by atoms with Gasteiger partial charge in [-0.25, -0.2) is 9.59 Å². The molecule has 2 aliphatic heterocycles. The van der Waals surface area contributed by atoms with E-state index in [0.29, 0.717) is 54.7 Å². The van der Waals surface area contributed by atoms with Crippen molar-refractivity contribution in [2.75, 3.05) is 33.4 Å². The predicted octanol–water partition coefficient (Wildman–Crippen LogP) is 5.25. The monoisotopic (exact) mass is 640 g/mol. The molecule has 242 valence electrons. The smallest absolute Gasteiger partial charge is 0.341 e. The number of esters is 1. The molecule has 1 saturated heterocycles. The van der Waals surface area contributed by atoms with E-state index in [9.17, 15) is 24.8 Å². The molecule has 0 bridgehead atoms. The Labute approximate surface area is 262 Å². The number of hydrogen-bond acceptors (Lipinski definition) is 11. The van der Waals surface area contributed by atoms with Crippen molar-refractivity contribution in [1.82, 2.24) is 4.90 Å². The maximum absolute atomic E-state index is 13.2. The number of fused-ring (bicyclic) bond motifs is 3. The molecule has 1 N–H and O–H groups in total. The van der Waals surface area contributed by atoms with Crippen molar-refractivity contribution in [3.05, 3.63) is 78.2 Å². The van der Waals surface area contributed by atoms with Gasteiger partial charge in [-0.1, -0.05) is 19.6 Å². The van der Waals surface area contributed by atoms with E-state index in [1.165, 1.54) is 18.2 Å². The zero-order valence-electron chi connectivity index (χ0n) is 26.3. The van der Waals surface area contributed by atoms with Crippen LogP contribution in [-0.2, 0) is 33.8 Å². The maximum atomic E-state index is 13.2. The lowest BCUT2D eigenvalue weighted by atomic mass is 9.94. The molecule has 13 heteroatoms. The molecule has 1 aromatic heterocycles. The predicted molar refractivity (Wildman–Crippen MR) is 168 cm³/mol. The molecule has 45 heavy (non-hydrogen) atoms. The summed E-state index contributed by atoms with van der Waals surface area (Å²) in [6, 6.07) is 6.65. The third kappa shape index (κ3) is 7.12. The van der Waals surface area contributed by atoms with Gasteiger partial charge in [-0.3, -0.25) is 10.1 Å². The summed E-state index contributed by atoms with van der Waals surface area (Å²) in [7, 11) is 0.498. The second-order valence-corrected chi connectivity index (χ2v) is 18.4. The van der Waals surface area contributed by atoms with E-state index in [0.717, 1.165) is 18.2 Å². The third-order valence-electron chi connectivity index (χ3n) is 8.16. The Morgan fingerprint density at radius 1 is 1.20 bits per heavy atom. The Balaban J connectivity index is 1.56. The van der Waals surface area contributed by atoms with Gasteiger partial charge in [0.25, 0.3) is 5.69 Å². The highest BCUT2D eigenvalue weighted by molar-refractivity contribution is 6.76. The van der Waals surface area contributed by atoms with Gasteiger partial charge < -0.3 is 33.4 Å². The molecule has 5 rings (SSSR count). The van der Waals surface area contributed by atoms with Gasteiger partial charge in [0.15, 0.2) is 11.9 Å². The van der Waals surface area contributed by atoms with Crippen LogP contribution in [0.4, 0.5) is 5.69 Å². The van der Waals surface area contributed by atoms with Crippen molar-refractivity contribution in [1.29, 1.82) is 0 Å². The van der Waals surface area contributed by atoms with Crippen LogP contribution in [0.2, 0.25) is 25.7 Å². The lowest BCUT2D eigenvalue weighted by Gasteiger charge is -2.30. The molecule has 1 atom stereocenters. The molecule has 0 spiro atoms. The average molecular weight is 641 g/mol. The lowest BCUT2D eigenvalue weighted by molar-refractivity contribution is -0.386. The number of nitro benzene ring substituents is 1. The summed E-state index contributed by atoms with van der Waals surface area (Å²) in [5, 5.41) is 23.4. The van der Waals surface area contributed by atoms with Crippen LogP contribution >= 0.6 is 0 Å². The van der Waals surface area contributed by atoms with E-state index in [2.05, 4.69) is 19.6 Å². The highest BCUT2D eigenvalue weighted by Crippen LogP contribution is 2.43.